The summed E-state index contributed by atoms with van der Waals surface area (Å²) in [7, 11) is 0. The van der Waals surface area contributed by atoms with Gasteiger partial charge in [-0.05, 0) is 30.7 Å². The molecule has 0 aliphatic heterocycles. The lowest BCUT2D eigenvalue weighted by molar-refractivity contribution is 0.494. The highest BCUT2D eigenvalue weighted by molar-refractivity contribution is 5.19. The van der Waals surface area contributed by atoms with E-state index in [-0.39, 0.29) is 0 Å². The Morgan fingerprint density at radius 1 is 1.31 bits per heavy atom. The fourth-order valence-corrected chi connectivity index (χ4v) is 2.44. The summed E-state index contributed by atoms with van der Waals surface area (Å²) in [6, 6.07) is 11.7. The predicted octanol–water partition coefficient (Wildman–Crippen LogP) is 2.26. The number of hydrogen-bond acceptors (Lipinski definition) is 2. The molecule has 2 heteroatoms. The van der Waals surface area contributed by atoms with Crippen molar-refractivity contribution in [2.24, 2.45) is 5.73 Å². The van der Waals surface area contributed by atoms with Crippen LogP contribution in [0.1, 0.15) is 37.7 Å². The summed E-state index contributed by atoms with van der Waals surface area (Å²) in [5.74, 6) is 0.582. The summed E-state index contributed by atoms with van der Waals surface area (Å²) < 4.78 is 0. The van der Waals surface area contributed by atoms with Gasteiger partial charge in [0.15, 0.2) is 0 Å². The minimum Gasteiger partial charge on any atom is -0.328 e. The van der Waals surface area contributed by atoms with Crippen molar-refractivity contribution in [2.75, 3.05) is 6.54 Å². The maximum absolute atomic E-state index is 5.90. The summed E-state index contributed by atoms with van der Waals surface area (Å²) in [5.41, 5.74) is 7.32. The normalized spacial score (nSPS) is 26.9. The molecule has 3 unspecified atom stereocenters. The number of benzene rings is 1. The second kappa shape index (κ2) is 5.46. The van der Waals surface area contributed by atoms with Crippen LogP contribution in [0.3, 0.4) is 0 Å². The number of rotatable bonds is 4. The minimum absolute atomic E-state index is 0.421. The van der Waals surface area contributed by atoms with Crippen LogP contribution in [0.25, 0.3) is 0 Å². The van der Waals surface area contributed by atoms with Crippen LogP contribution in [0.5, 0.6) is 0 Å². The molecule has 0 saturated heterocycles. The van der Waals surface area contributed by atoms with E-state index in [4.69, 9.17) is 5.73 Å². The van der Waals surface area contributed by atoms with Gasteiger partial charge in [0.05, 0.1) is 0 Å². The molecule has 2 nitrogen and oxygen atoms in total. The minimum atomic E-state index is 0.421. The van der Waals surface area contributed by atoms with Gasteiger partial charge in [-0.15, -0.1) is 0 Å². The fourth-order valence-electron chi connectivity index (χ4n) is 2.44. The van der Waals surface area contributed by atoms with Crippen LogP contribution in [0, 0.1) is 0 Å². The van der Waals surface area contributed by atoms with E-state index in [1.807, 2.05) is 0 Å². The van der Waals surface area contributed by atoms with Gasteiger partial charge in [0.25, 0.3) is 0 Å². The van der Waals surface area contributed by atoms with Crippen LogP contribution in [0.15, 0.2) is 30.3 Å². The van der Waals surface area contributed by atoms with E-state index in [0.29, 0.717) is 18.0 Å². The molecule has 1 aliphatic rings. The third-order valence-electron chi connectivity index (χ3n) is 3.55. The quantitative estimate of drug-likeness (QED) is 0.813. The molecule has 0 radical (unpaired) electrons. The van der Waals surface area contributed by atoms with Crippen LogP contribution in [0.4, 0.5) is 0 Å². The standard InChI is InChI=1S/C14H22N2/c1-11(12-5-3-2-4-6-12)10-16-14-8-7-13(15)9-14/h2-6,11,13-14,16H,7-10,15H2,1H3. The molecule has 0 aromatic heterocycles. The predicted molar refractivity (Wildman–Crippen MR) is 68.5 cm³/mol. The lowest BCUT2D eigenvalue weighted by atomic mass is 10.0. The largest absolute Gasteiger partial charge is 0.328 e. The molecule has 1 aliphatic carbocycles. The van der Waals surface area contributed by atoms with Gasteiger partial charge in [-0.2, -0.15) is 0 Å². The Balaban J connectivity index is 1.78. The van der Waals surface area contributed by atoms with Gasteiger partial charge >= 0.3 is 0 Å². The van der Waals surface area contributed by atoms with E-state index in [9.17, 15) is 0 Å². The van der Waals surface area contributed by atoms with Gasteiger partial charge in [0.1, 0.15) is 0 Å². The summed E-state index contributed by atoms with van der Waals surface area (Å²) in [6.45, 7) is 3.33. The Morgan fingerprint density at radius 2 is 2.06 bits per heavy atom. The van der Waals surface area contributed by atoms with Crippen molar-refractivity contribution in [2.45, 2.75) is 44.2 Å². The van der Waals surface area contributed by atoms with Crippen LogP contribution in [-0.4, -0.2) is 18.6 Å². The number of hydrogen-bond donors (Lipinski definition) is 2. The van der Waals surface area contributed by atoms with Crippen LogP contribution < -0.4 is 11.1 Å². The molecule has 1 aromatic rings. The maximum atomic E-state index is 5.90. The monoisotopic (exact) mass is 218 g/mol. The molecule has 88 valence electrons. The molecule has 1 saturated carbocycles. The van der Waals surface area contributed by atoms with E-state index in [1.165, 1.54) is 18.4 Å². The van der Waals surface area contributed by atoms with Gasteiger partial charge < -0.3 is 11.1 Å². The van der Waals surface area contributed by atoms with Crippen molar-refractivity contribution in [3.05, 3.63) is 35.9 Å². The fraction of sp³-hybridized carbons (Fsp3) is 0.571. The van der Waals surface area contributed by atoms with Crippen molar-refractivity contribution >= 4 is 0 Å². The second-order valence-corrected chi connectivity index (χ2v) is 4.99. The highest BCUT2D eigenvalue weighted by Gasteiger charge is 2.21. The van der Waals surface area contributed by atoms with Gasteiger partial charge in [0.2, 0.25) is 0 Å². The zero-order chi connectivity index (χ0) is 11.4. The Bertz CT molecular complexity index is 310. The van der Waals surface area contributed by atoms with Crippen LogP contribution in [-0.2, 0) is 0 Å². The lowest BCUT2D eigenvalue weighted by Crippen LogP contribution is -2.31. The van der Waals surface area contributed by atoms with Crippen molar-refractivity contribution < 1.29 is 0 Å². The average molecular weight is 218 g/mol. The summed E-state index contributed by atoms with van der Waals surface area (Å²) >= 11 is 0. The van der Waals surface area contributed by atoms with Gasteiger partial charge in [-0.1, -0.05) is 37.3 Å². The smallest absolute Gasteiger partial charge is 0.00826 e. The first-order valence-corrected chi connectivity index (χ1v) is 6.29. The van der Waals surface area contributed by atoms with Gasteiger partial charge in [0, 0.05) is 18.6 Å². The highest BCUT2D eigenvalue weighted by Crippen LogP contribution is 2.19. The molecule has 1 aromatic carbocycles. The molecule has 0 amide bonds. The van der Waals surface area contributed by atoms with Crippen LogP contribution >= 0.6 is 0 Å². The van der Waals surface area contributed by atoms with Gasteiger partial charge in [-0.3, -0.25) is 0 Å². The molecule has 3 atom stereocenters. The molecular weight excluding hydrogens is 196 g/mol. The highest BCUT2D eigenvalue weighted by atomic mass is 14.9. The maximum Gasteiger partial charge on any atom is 0.00826 e. The lowest BCUT2D eigenvalue weighted by Gasteiger charge is -2.17. The Labute approximate surface area is 98.2 Å². The Morgan fingerprint density at radius 3 is 2.69 bits per heavy atom. The summed E-state index contributed by atoms with van der Waals surface area (Å²) in [5, 5.41) is 3.63. The van der Waals surface area contributed by atoms with E-state index < -0.39 is 0 Å². The summed E-state index contributed by atoms with van der Waals surface area (Å²) in [4.78, 5) is 0. The van der Waals surface area contributed by atoms with E-state index in [1.54, 1.807) is 0 Å². The first kappa shape index (κ1) is 11.6. The first-order chi connectivity index (χ1) is 7.75. The third kappa shape index (κ3) is 3.06. The molecule has 3 N–H and O–H groups in total. The zero-order valence-electron chi connectivity index (χ0n) is 10.0. The van der Waals surface area contributed by atoms with Crippen LogP contribution in [0.2, 0.25) is 0 Å². The molecule has 0 spiro atoms. The Kier molecular flexibility index (Phi) is 3.97. The van der Waals surface area contributed by atoms with Crippen molar-refractivity contribution in [3.8, 4) is 0 Å². The molecule has 2 rings (SSSR count). The topological polar surface area (TPSA) is 38.0 Å². The summed E-state index contributed by atoms with van der Waals surface area (Å²) in [6.07, 6.45) is 3.56. The molecule has 0 heterocycles. The van der Waals surface area contributed by atoms with Crippen molar-refractivity contribution in [3.63, 3.8) is 0 Å². The first-order valence-electron chi connectivity index (χ1n) is 6.29. The SMILES string of the molecule is CC(CNC1CCC(N)C1)c1ccccc1. The molecule has 16 heavy (non-hydrogen) atoms. The Hall–Kier alpha value is -0.860. The average Bonchev–Trinajstić information content (AvgIpc) is 2.73. The van der Waals surface area contributed by atoms with E-state index in [2.05, 4.69) is 42.6 Å². The molecule has 1 fully saturated rings. The van der Waals surface area contributed by atoms with Crippen molar-refractivity contribution in [1.29, 1.82) is 0 Å². The molecule has 0 bridgehead atoms. The second-order valence-electron chi connectivity index (χ2n) is 4.99. The molecular formula is C14H22N2. The number of nitrogens with one attached hydrogen (secondary N) is 1. The van der Waals surface area contributed by atoms with E-state index >= 15 is 0 Å². The van der Waals surface area contributed by atoms with Crippen molar-refractivity contribution in [1.82, 2.24) is 5.32 Å². The number of nitrogens with two attached hydrogens (primary N) is 1. The van der Waals surface area contributed by atoms with Gasteiger partial charge in [-0.25, -0.2) is 0 Å². The zero-order valence-corrected chi connectivity index (χ0v) is 10.0. The third-order valence-corrected chi connectivity index (χ3v) is 3.55. The van der Waals surface area contributed by atoms with E-state index in [0.717, 1.165) is 13.0 Å².